The maximum Gasteiger partial charge on any atom is 0.336 e. The molecule has 0 amide bonds. The third kappa shape index (κ3) is 3.30. The molecule has 0 radical (unpaired) electrons. The van der Waals surface area contributed by atoms with Crippen molar-refractivity contribution in [2.45, 2.75) is 13.3 Å². The number of allylic oxidation sites excluding steroid dienone is 2. The fraction of sp³-hybridized carbons (Fsp3) is 0.154. The fourth-order valence-corrected chi connectivity index (χ4v) is 1.92. The summed E-state index contributed by atoms with van der Waals surface area (Å²) in [5, 5.41) is 31.1. The van der Waals surface area contributed by atoms with Crippen LogP contribution in [0.3, 0.4) is 0 Å². The number of nitro groups is 2. The monoisotopic (exact) mass is 292 g/mol. The molecule has 1 aromatic carbocycles. The van der Waals surface area contributed by atoms with Gasteiger partial charge < -0.3 is 5.11 Å². The first-order valence-electron chi connectivity index (χ1n) is 5.80. The largest absolute Gasteiger partial charge is 0.478 e. The van der Waals surface area contributed by atoms with Crippen molar-refractivity contribution in [1.82, 2.24) is 0 Å². The molecule has 0 saturated carbocycles. The minimum atomic E-state index is -1.35. The van der Waals surface area contributed by atoms with Gasteiger partial charge in [-0.05, 0) is 18.9 Å². The van der Waals surface area contributed by atoms with E-state index in [4.69, 9.17) is 5.11 Å². The molecule has 0 bridgehead atoms. The molecule has 1 N–H and O–H groups in total. The molecule has 0 atom stereocenters. The molecule has 8 heteroatoms. The zero-order chi connectivity index (χ0) is 16.2. The highest BCUT2D eigenvalue weighted by atomic mass is 16.6. The van der Waals surface area contributed by atoms with E-state index in [2.05, 4.69) is 6.58 Å². The van der Waals surface area contributed by atoms with E-state index in [0.29, 0.717) is 0 Å². The van der Waals surface area contributed by atoms with E-state index in [1.165, 1.54) is 19.1 Å². The Morgan fingerprint density at radius 1 is 1.33 bits per heavy atom. The summed E-state index contributed by atoms with van der Waals surface area (Å²) in [4.78, 5) is 31.6. The smallest absolute Gasteiger partial charge is 0.336 e. The summed E-state index contributed by atoms with van der Waals surface area (Å²) in [6, 6.07) is 1.88. The molecule has 0 unspecified atom stereocenters. The van der Waals surface area contributed by atoms with E-state index in [1.54, 1.807) is 0 Å². The molecule has 1 aromatic rings. The quantitative estimate of drug-likeness (QED) is 0.372. The number of benzene rings is 1. The van der Waals surface area contributed by atoms with Gasteiger partial charge in [-0.1, -0.05) is 12.2 Å². The highest BCUT2D eigenvalue weighted by Crippen LogP contribution is 2.34. The molecule has 0 saturated heterocycles. The van der Waals surface area contributed by atoms with Crippen LogP contribution in [-0.2, 0) is 11.2 Å². The number of carboxylic acids is 1. The van der Waals surface area contributed by atoms with Crippen LogP contribution >= 0.6 is 0 Å². The molecule has 0 aliphatic heterocycles. The maximum atomic E-state index is 11.2. The molecule has 110 valence electrons. The molecule has 21 heavy (non-hydrogen) atoms. The summed E-state index contributed by atoms with van der Waals surface area (Å²) in [6.07, 6.45) is 2.67. The lowest BCUT2D eigenvalue weighted by Crippen LogP contribution is -2.07. The Kier molecular flexibility index (Phi) is 4.90. The van der Waals surface area contributed by atoms with Crippen molar-refractivity contribution in [3.05, 3.63) is 62.2 Å². The predicted octanol–water partition coefficient (Wildman–Crippen LogP) is 2.72. The van der Waals surface area contributed by atoms with E-state index in [-0.39, 0.29) is 23.1 Å². The number of carboxylic acid groups (broad SMARTS) is 1. The lowest BCUT2D eigenvalue weighted by molar-refractivity contribution is -0.394. The molecular formula is C13H12N2O6. The molecule has 0 aliphatic carbocycles. The lowest BCUT2D eigenvalue weighted by Gasteiger charge is -2.09. The van der Waals surface area contributed by atoms with Crippen LogP contribution in [0.5, 0.6) is 0 Å². The standard InChI is InChI=1S/C13H12N2O6/c1-3-5-8-6-9(14(18)19)7-11(15(20)21)12(8)10(4-2)13(16)17/h3-4,6-7H,1,5H2,2H3,(H,16,17). The first-order valence-corrected chi connectivity index (χ1v) is 5.80. The van der Waals surface area contributed by atoms with Crippen LogP contribution < -0.4 is 0 Å². The van der Waals surface area contributed by atoms with Crippen LogP contribution in [0.4, 0.5) is 11.4 Å². The Bertz CT molecular complexity index is 663. The van der Waals surface area contributed by atoms with E-state index >= 15 is 0 Å². The summed E-state index contributed by atoms with van der Waals surface area (Å²) in [5.74, 6) is -1.35. The van der Waals surface area contributed by atoms with Crippen molar-refractivity contribution < 1.29 is 19.7 Å². The van der Waals surface area contributed by atoms with Gasteiger partial charge in [0.1, 0.15) is 0 Å². The number of non-ortho nitro benzene ring substituents is 1. The number of nitro benzene ring substituents is 2. The highest BCUT2D eigenvalue weighted by Gasteiger charge is 2.28. The first-order chi connectivity index (χ1) is 9.83. The SMILES string of the molecule is C=CCc1cc([N+](=O)[O-])cc([N+](=O)[O-])c1C(=CC)C(=O)O. The van der Waals surface area contributed by atoms with Gasteiger partial charge in [-0.3, -0.25) is 20.2 Å². The van der Waals surface area contributed by atoms with Gasteiger partial charge >= 0.3 is 5.97 Å². The summed E-state index contributed by atoms with van der Waals surface area (Å²) in [6.45, 7) is 4.89. The summed E-state index contributed by atoms with van der Waals surface area (Å²) in [7, 11) is 0. The molecular weight excluding hydrogens is 280 g/mol. The van der Waals surface area contributed by atoms with E-state index in [9.17, 15) is 25.0 Å². The normalized spacial score (nSPS) is 11.0. The van der Waals surface area contributed by atoms with Crippen LogP contribution in [0.25, 0.3) is 5.57 Å². The zero-order valence-electron chi connectivity index (χ0n) is 11.1. The van der Waals surface area contributed by atoms with Gasteiger partial charge in [0.2, 0.25) is 0 Å². The Labute approximate surface area is 119 Å². The second kappa shape index (κ2) is 6.42. The molecule has 1 rings (SSSR count). The van der Waals surface area contributed by atoms with Gasteiger partial charge in [-0.25, -0.2) is 4.79 Å². The molecule has 0 fully saturated rings. The van der Waals surface area contributed by atoms with Gasteiger partial charge in [0.15, 0.2) is 0 Å². The van der Waals surface area contributed by atoms with Crippen LogP contribution in [0.15, 0.2) is 30.9 Å². The topological polar surface area (TPSA) is 124 Å². The number of hydrogen-bond acceptors (Lipinski definition) is 5. The van der Waals surface area contributed by atoms with Gasteiger partial charge in [-0.2, -0.15) is 0 Å². The van der Waals surface area contributed by atoms with Crippen molar-refractivity contribution in [2.24, 2.45) is 0 Å². The van der Waals surface area contributed by atoms with E-state index in [0.717, 1.165) is 12.1 Å². The van der Waals surface area contributed by atoms with E-state index < -0.39 is 27.2 Å². The van der Waals surface area contributed by atoms with Gasteiger partial charge in [0.25, 0.3) is 11.4 Å². The Balaban J connectivity index is 3.80. The van der Waals surface area contributed by atoms with E-state index in [1.807, 2.05) is 0 Å². The Morgan fingerprint density at radius 3 is 2.33 bits per heavy atom. The highest BCUT2D eigenvalue weighted by molar-refractivity contribution is 6.17. The third-order valence-corrected chi connectivity index (χ3v) is 2.74. The average Bonchev–Trinajstić information content (AvgIpc) is 2.40. The van der Waals surface area contributed by atoms with Crippen LogP contribution in [0, 0.1) is 20.2 Å². The first kappa shape index (κ1) is 16.0. The Hall–Kier alpha value is -3.03. The molecule has 0 spiro atoms. The third-order valence-electron chi connectivity index (χ3n) is 2.74. The van der Waals surface area contributed by atoms with Crippen molar-refractivity contribution >= 4 is 22.9 Å². The average molecular weight is 292 g/mol. The zero-order valence-corrected chi connectivity index (χ0v) is 11.1. The van der Waals surface area contributed by atoms with Crippen LogP contribution in [0.1, 0.15) is 18.1 Å². The minimum Gasteiger partial charge on any atom is -0.478 e. The molecule has 0 heterocycles. The lowest BCUT2D eigenvalue weighted by atomic mass is 9.94. The molecule has 0 aromatic heterocycles. The van der Waals surface area contributed by atoms with Gasteiger partial charge in [0.05, 0.1) is 27.0 Å². The Morgan fingerprint density at radius 2 is 1.95 bits per heavy atom. The summed E-state index contributed by atoms with van der Waals surface area (Å²) in [5.41, 5.74) is -1.34. The van der Waals surface area contributed by atoms with Crippen molar-refractivity contribution in [1.29, 1.82) is 0 Å². The number of rotatable bonds is 6. The number of hydrogen-bond donors (Lipinski definition) is 1. The maximum absolute atomic E-state index is 11.2. The second-order valence-electron chi connectivity index (χ2n) is 4.01. The summed E-state index contributed by atoms with van der Waals surface area (Å²) < 4.78 is 0. The molecule has 0 aliphatic rings. The molecule has 8 nitrogen and oxygen atoms in total. The van der Waals surface area contributed by atoms with Crippen molar-refractivity contribution in [3.8, 4) is 0 Å². The van der Waals surface area contributed by atoms with Crippen LogP contribution in [0.2, 0.25) is 0 Å². The van der Waals surface area contributed by atoms with Crippen molar-refractivity contribution in [2.75, 3.05) is 0 Å². The number of carbonyl (C=O) groups is 1. The van der Waals surface area contributed by atoms with Crippen LogP contribution in [-0.4, -0.2) is 20.9 Å². The second-order valence-corrected chi connectivity index (χ2v) is 4.01. The number of aliphatic carboxylic acids is 1. The summed E-state index contributed by atoms with van der Waals surface area (Å²) >= 11 is 0. The van der Waals surface area contributed by atoms with Crippen molar-refractivity contribution in [3.63, 3.8) is 0 Å². The fourth-order valence-electron chi connectivity index (χ4n) is 1.92. The number of nitrogens with zero attached hydrogens (tertiary/aromatic N) is 2. The van der Waals surface area contributed by atoms with Gasteiger partial charge in [0, 0.05) is 6.07 Å². The predicted molar refractivity (Wildman–Crippen MR) is 74.9 cm³/mol. The van der Waals surface area contributed by atoms with Gasteiger partial charge in [-0.15, -0.1) is 6.58 Å². The minimum absolute atomic E-state index is 0.0719.